The van der Waals surface area contributed by atoms with E-state index in [2.05, 4.69) is 37.0 Å². The number of benzene rings is 1. The molecule has 0 radical (unpaired) electrons. The predicted octanol–water partition coefficient (Wildman–Crippen LogP) is 3.47. The molecule has 158 valence electrons. The third kappa shape index (κ3) is 4.70. The molecule has 1 aromatic carbocycles. The van der Waals surface area contributed by atoms with E-state index in [1.807, 2.05) is 0 Å². The van der Waals surface area contributed by atoms with Crippen molar-refractivity contribution < 1.29 is 9.13 Å². The first-order valence-corrected chi connectivity index (χ1v) is 10.0. The normalized spacial score (nSPS) is 15.7. The van der Waals surface area contributed by atoms with Gasteiger partial charge in [0.15, 0.2) is 11.4 Å². The van der Waals surface area contributed by atoms with Crippen LogP contribution in [0.25, 0.3) is 11.1 Å². The Morgan fingerprint density at radius 3 is 2.84 bits per heavy atom. The molecule has 8 nitrogen and oxygen atoms in total. The fourth-order valence-corrected chi connectivity index (χ4v) is 3.43. The summed E-state index contributed by atoms with van der Waals surface area (Å²) in [6, 6.07) is 10.2. The molecule has 3 N–H and O–H groups in total. The maximum absolute atomic E-state index is 14.2. The lowest BCUT2D eigenvalue weighted by Crippen LogP contribution is -2.37. The van der Waals surface area contributed by atoms with Gasteiger partial charge in [-0.3, -0.25) is 0 Å². The number of hydrogen-bond donors (Lipinski definition) is 3. The van der Waals surface area contributed by atoms with Crippen LogP contribution in [0, 0.1) is 17.1 Å². The summed E-state index contributed by atoms with van der Waals surface area (Å²) in [5, 5.41) is 18.7. The molecule has 4 rings (SSSR count). The van der Waals surface area contributed by atoms with Crippen molar-refractivity contribution in [2.24, 2.45) is 0 Å². The van der Waals surface area contributed by atoms with Gasteiger partial charge < -0.3 is 20.7 Å². The highest BCUT2D eigenvalue weighted by Crippen LogP contribution is 2.30. The second-order valence-electron chi connectivity index (χ2n) is 7.08. The number of ether oxygens (including phenoxy) is 1. The molecule has 1 aliphatic heterocycles. The van der Waals surface area contributed by atoms with Gasteiger partial charge in [0.2, 0.25) is 5.95 Å². The van der Waals surface area contributed by atoms with Crippen LogP contribution in [-0.4, -0.2) is 41.2 Å². The molecule has 1 unspecified atom stereocenters. The Balaban J connectivity index is 1.58. The van der Waals surface area contributed by atoms with Crippen LogP contribution >= 0.6 is 0 Å². The summed E-state index contributed by atoms with van der Waals surface area (Å²) in [6.07, 6.45) is 5.01. The standard InChI is InChI=1S/C22H22FN7O/c1-25-21-17(16-6-2-3-7-18(16)23)13-28-22(30-21)29-14-9-20(19(10-24)27-11-14)31-15-5-4-8-26-12-15/h2-3,6-7,9,11,13,15,26H,4-5,8,12H2,1H3,(H2,25,28,29,30). The number of anilines is 3. The number of rotatable bonds is 6. The lowest BCUT2D eigenvalue weighted by molar-refractivity contribution is 0.166. The van der Waals surface area contributed by atoms with E-state index in [1.54, 1.807) is 37.5 Å². The van der Waals surface area contributed by atoms with Crippen molar-refractivity contribution in [1.29, 1.82) is 5.26 Å². The molecule has 0 spiro atoms. The van der Waals surface area contributed by atoms with E-state index in [0.717, 1.165) is 25.9 Å². The van der Waals surface area contributed by atoms with Crippen LogP contribution < -0.4 is 20.7 Å². The molecule has 0 aliphatic carbocycles. The maximum Gasteiger partial charge on any atom is 0.229 e. The Morgan fingerprint density at radius 1 is 1.23 bits per heavy atom. The monoisotopic (exact) mass is 419 g/mol. The smallest absolute Gasteiger partial charge is 0.229 e. The minimum atomic E-state index is -0.349. The molecular formula is C22H22FN7O. The fourth-order valence-electron chi connectivity index (χ4n) is 3.43. The summed E-state index contributed by atoms with van der Waals surface area (Å²) in [7, 11) is 1.71. The molecule has 3 heterocycles. The van der Waals surface area contributed by atoms with Crippen LogP contribution in [0.1, 0.15) is 18.5 Å². The lowest BCUT2D eigenvalue weighted by atomic mass is 10.1. The molecule has 1 saturated heterocycles. The molecule has 1 aliphatic rings. The average Bonchev–Trinajstić information content (AvgIpc) is 2.80. The van der Waals surface area contributed by atoms with Crippen LogP contribution in [0.4, 0.5) is 21.8 Å². The fraction of sp³-hybridized carbons (Fsp3) is 0.273. The van der Waals surface area contributed by atoms with Crippen molar-refractivity contribution in [2.45, 2.75) is 18.9 Å². The quantitative estimate of drug-likeness (QED) is 0.558. The molecule has 2 aromatic heterocycles. The number of hydrogen-bond acceptors (Lipinski definition) is 8. The van der Waals surface area contributed by atoms with Gasteiger partial charge in [-0.2, -0.15) is 10.2 Å². The molecule has 3 aromatic rings. The highest BCUT2D eigenvalue weighted by atomic mass is 19.1. The van der Waals surface area contributed by atoms with Crippen LogP contribution in [0.3, 0.4) is 0 Å². The Labute approximate surface area is 179 Å². The SMILES string of the molecule is CNc1nc(Nc2cnc(C#N)c(OC3CCCNC3)c2)ncc1-c1ccccc1F. The van der Waals surface area contributed by atoms with Crippen LogP contribution in [0.15, 0.2) is 42.7 Å². The largest absolute Gasteiger partial charge is 0.486 e. The van der Waals surface area contributed by atoms with Crippen molar-refractivity contribution >= 4 is 17.5 Å². The minimum absolute atomic E-state index is 0.00917. The van der Waals surface area contributed by atoms with E-state index >= 15 is 0 Å². The van der Waals surface area contributed by atoms with Gasteiger partial charge in [-0.1, -0.05) is 18.2 Å². The van der Waals surface area contributed by atoms with E-state index in [-0.39, 0.29) is 17.6 Å². The molecule has 9 heteroatoms. The van der Waals surface area contributed by atoms with Crippen molar-refractivity contribution in [1.82, 2.24) is 20.3 Å². The van der Waals surface area contributed by atoms with Gasteiger partial charge in [0, 0.05) is 37.0 Å². The van der Waals surface area contributed by atoms with Gasteiger partial charge in [-0.05, 0) is 25.5 Å². The second kappa shape index (κ2) is 9.36. The first-order valence-electron chi connectivity index (χ1n) is 10.0. The summed E-state index contributed by atoms with van der Waals surface area (Å²) >= 11 is 0. The van der Waals surface area contributed by atoms with Crippen LogP contribution in [-0.2, 0) is 0 Å². The lowest BCUT2D eigenvalue weighted by Gasteiger charge is -2.24. The Bertz CT molecular complexity index is 1110. The number of halogens is 1. The zero-order valence-corrected chi connectivity index (χ0v) is 17.0. The van der Waals surface area contributed by atoms with Crippen LogP contribution in [0.2, 0.25) is 0 Å². The topological polar surface area (TPSA) is 108 Å². The van der Waals surface area contributed by atoms with Gasteiger partial charge >= 0.3 is 0 Å². The zero-order valence-electron chi connectivity index (χ0n) is 17.0. The summed E-state index contributed by atoms with van der Waals surface area (Å²) in [5.74, 6) is 0.854. The van der Waals surface area contributed by atoms with E-state index in [4.69, 9.17) is 4.74 Å². The van der Waals surface area contributed by atoms with Crippen LogP contribution in [0.5, 0.6) is 5.75 Å². The van der Waals surface area contributed by atoms with Crippen molar-refractivity contribution in [2.75, 3.05) is 30.8 Å². The Hall–Kier alpha value is -3.77. The van der Waals surface area contributed by atoms with E-state index in [9.17, 15) is 9.65 Å². The maximum atomic E-state index is 14.2. The predicted molar refractivity (Wildman–Crippen MR) is 116 cm³/mol. The third-order valence-electron chi connectivity index (χ3n) is 4.95. The highest BCUT2D eigenvalue weighted by molar-refractivity contribution is 5.76. The molecule has 31 heavy (non-hydrogen) atoms. The van der Waals surface area contributed by atoms with E-state index in [1.165, 1.54) is 12.3 Å². The molecule has 1 fully saturated rings. The minimum Gasteiger partial charge on any atom is -0.486 e. The molecule has 1 atom stereocenters. The third-order valence-corrected chi connectivity index (χ3v) is 4.95. The number of nitrogens with one attached hydrogen (secondary N) is 3. The second-order valence-corrected chi connectivity index (χ2v) is 7.08. The highest BCUT2D eigenvalue weighted by Gasteiger charge is 2.18. The number of nitrogens with zero attached hydrogens (tertiary/aromatic N) is 4. The first kappa shape index (κ1) is 20.5. The van der Waals surface area contributed by atoms with Gasteiger partial charge in [0.05, 0.1) is 11.9 Å². The van der Waals surface area contributed by atoms with E-state index in [0.29, 0.717) is 34.3 Å². The average molecular weight is 419 g/mol. The summed E-state index contributed by atoms with van der Waals surface area (Å²) in [5.41, 5.74) is 1.77. The molecule has 0 amide bonds. The van der Waals surface area contributed by atoms with Gasteiger partial charge in [0.25, 0.3) is 0 Å². The van der Waals surface area contributed by atoms with Gasteiger partial charge in [-0.25, -0.2) is 14.4 Å². The molecule has 0 saturated carbocycles. The first-order chi connectivity index (χ1) is 15.2. The van der Waals surface area contributed by atoms with Crippen molar-refractivity contribution in [3.63, 3.8) is 0 Å². The number of nitriles is 1. The van der Waals surface area contributed by atoms with E-state index < -0.39 is 0 Å². The molecule has 0 bridgehead atoms. The summed E-state index contributed by atoms with van der Waals surface area (Å²) < 4.78 is 20.2. The van der Waals surface area contributed by atoms with Gasteiger partial charge in [-0.15, -0.1) is 0 Å². The Morgan fingerprint density at radius 2 is 2.10 bits per heavy atom. The Kier molecular flexibility index (Phi) is 6.19. The molecular weight excluding hydrogens is 397 g/mol. The number of pyridine rings is 1. The zero-order chi connectivity index (χ0) is 21.6. The van der Waals surface area contributed by atoms with Crippen molar-refractivity contribution in [3.8, 4) is 22.9 Å². The van der Waals surface area contributed by atoms with Crippen molar-refractivity contribution in [3.05, 3.63) is 54.2 Å². The summed E-state index contributed by atoms with van der Waals surface area (Å²) in [6.45, 7) is 1.70. The number of piperidine rings is 1. The van der Waals surface area contributed by atoms with Gasteiger partial charge in [0.1, 0.15) is 23.8 Å². The summed E-state index contributed by atoms with van der Waals surface area (Å²) in [4.78, 5) is 13.0. The number of aromatic nitrogens is 3.